The average molecular weight is 144 g/mol. The molecule has 0 aromatic rings. The maximum Gasteiger partial charge on any atom is 0.303 e. The van der Waals surface area contributed by atoms with Gasteiger partial charge < -0.3 is 10.2 Å². The van der Waals surface area contributed by atoms with Crippen LogP contribution in [0, 0.1) is 5.92 Å². The lowest BCUT2D eigenvalue weighted by atomic mass is 10.0. The van der Waals surface area contributed by atoms with Gasteiger partial charge in [0.05, 0.1) is 6.42 Å². The third-order valence-electron chi connectivity index (χ3n) is 1.22. The van der Waals surface area contributed by atoms with E-state index in [1.54, 1.807) is 6.08 Å². The Bertz CT molecular complexity index is 120. The summed E-state index contributed by atoms with van der Waals surface area (Å²) in [5, 5.41) is 16.9. The Morgan fingerprint density at radius 3 is 2.60 bits per heavy atom. The van der Waals surface area contributed by atoms with Crippen molar-refractivity contribution in [3.63, 3.8) is 0 Å². The number of hydrogen-bond acceptors (Lipinski definition) is 2. The Balaban J connectivity index is 3.59. The Labute approximate surface area is 60.0 Å². The monoisotopic (exact) mass is 144 g/mol. The molecule has 0 aliphatic heterocycles. The second-order valence-corrected chi connectivity index (χ2v) is 2.17. The van der Waals surface area contributed by atoms with E-state index in [0.29, 0.717) is 6.42 Å². The molecule has 3 nitrogen and oxygen atoms in total. The van der Waals surface area contributed by atoms with Crippen LogP contribution in [-0.4, -0.2) is 22.8 Å². The highest BCUT2D eigenvalue weighted by Gasteiger charge is 2.09. The molecule has 0 spiro atoms. The third-order valence-corrected chi connectivity index (χ3v) is 1.22. The zero-order chi connectivity index (χ0) is 7.98. The van der Waals surface area contributed by atoms with Crippen LogP contribution in [0.1, 0.15) is 12.8 Å². The molecule has 10 heavy (non-hydrogen) atoms. The third kappa shape index (κ3) is 4.09. The van der Waals surface area contributed by atoms with Gasteiger partial charge in [-0.05, 0) is 12.3 Å². The molecule has 0 aromatic heterocycles. The SMILES string of the molecule is C=CC[C@H](CO)CC(=O)O. The summed E-state index contributed by atoms with van der Waals surface area (Å²) in [6, 6.07) is 0. The number of carbonyl (C=O) groups is 1. The number of aliphatic hydroxyl groups excluding tert-OH is 1. The summed E-state index contributed by atoms with van der Waals surface area (Å²) >= 11 is 0. The summed E-state index contributed by atoms with van der Waals surface area (Å²) < 4.78 is 0. The van der Waals surface area contributed by atoms with E-state index in [4.69, 9.17) is 10.2 Å². The van der Waals surface area contributed by atoms with Gasteiger partial charge >= 0.3 is 5.97 Å². The average Bonchev–Trinajstić information content (AvgIpc) is 1.86. The molecular formula is C7H12O3. The second-order valence-electron chi connectivity index (χ2n) is 2.17. The van der Waals surface area contributed by atoms with Gasteiger partial charge in [-0.3, -0.25) is 4.79 Å². The van der Waals surface area contributed by atoms with Gasteiger partial charge in [-0.25, -0.2) is 0 Å². The molecule has 0 aliphatic carbocycles. The lowest BCUT2D eigenvalue weighted by Gasteiger charge is -2.06. The molecule has 0 bridgehead atoms. The number of aliphatic carboxylic acids is 1. The molecule has 0 aliphatic rings. The maximum absolute atomic E-state index is 10.1. The van der Waals surface area contributed by atoms with Crippen molar-refractivity contribution in [3.8, 4) is 0 Å². The van der Waals surface area contributed by atoms with Crippen LogP contribution in [0.2, 0.25) is 0 Å². The summed E-state index contributed by atoms with van der Waals surface area (Å²) in [6.45, 7) is 3.37. The van der Waals surface area contributed by atoms with Gasteiger partial charge in [-0.1, -0.05) is 6.08 Å². The first kappa shape index (κ1) is 9.17. The minimum Gasteiger partial charge on any atom is -0.481 e. The van der Waals surface area contributed by atoms with Gasteiger partial charge in [0, 0.05) is 6.61 Å². The number of carboxylic acid groups (broad SMARTS) is 1. The minimum absolute atomic E-state index is 0.0164. The predicted octanol–water partition coefficient (Wildman–Crippen LogP) is 0.646. The summed E-state index contributed by atoms with van der Waals surface area (Å²) in [7, 11) is 0. The molecule has 3 heteroatoms. The highest BCUT2D eigenvalue weighted by molar-refractivity contribution is 5.67. The number of hydrogen-bond donors (Lipinski definition) is 2. The Morgan fingerprint density at radius 1 is 1.70 bits per heavy atom. The lowest BCUT2D eigenvalue weighted by molar-refractivity contribution is -0.138. The molecule has 0 radical (unpaired) electrons. The molecule has 2 N–H and O–H groups in total. The van der Waals surface area contributed by atoms with Crippen LogP contribution < -0.4 is 0 Å². The summed E-state index contributed by atoms with van der Waals surface area (Å²) in [6.07, 6.45) is 2.19. The summed E-state index contributed by atoms with van der Waals surface area (Å²) in [5.74, 6) is -1.05. The molecule has 0 saturated carbocycles. The first-order chi connectivity index (χ1) is 4.70. The Hall–Kier alpha value is -0.830. The number of rotatable bonds is 5. The van der Waals surface area contributed by atoms with Crippen molar-refractivity contribution in [2.45, 2.75) is 12.8 Å². The van der Waals surface area contributed by atoms with Crippen LogP contribution in [0.3, 0.4) is 0 Å². The fourth-order valence-electron chi connectivity index (χ4n) is 0.705. The molecule has 1 atom stereocenters. The van der Waals surface area contributed by atoms with E-state index in [1.807, 2.05) is 0 Å². The van der Waals surface area contributed by atoms with Crippen molar-refractivity contribution in [1.82, 2.24) is 0 Å². The van der Waals surface area contributed by atoms with Crippen molar-refractivity contribution in [2.24, 2.45) is 5.92 Å². The van der Waals surface area contributed by atoms with Crippen LogP contribution in [0.5, 0.6) is 0 Å². The van der Waals surface area contributed by atoms with E-state index in [0.717, 1.165) is 0 Å². The fourth-order valence-corrected chi connectivity index (χ4v) is 0.705. The molecule has 0 unspecified atom stereocenters. The zero-order valence-corrected chi connectivity index (χ0v) is 5.79. The highest BCUT2D eigenvalue weighted by Crippen LogP contribution is 2.07. The fraction of sp³-hybridized carbons (Fsp3) is 0.571. The van der Waals surface area contributed by atoms with Crippen molar-refractivity contribution in [1.29, 1.82) is 0 Å². The molecule has 0 fully saturated rings. The van der Waals surface area contributed by atoms with Gasteiger partial charge in [0.15, 0.2) is 0 Å². The summed E-state index contributed by atoms with van der Waals surface area (Å²) in [5.41, 5.74) is 0. The predicted molar refractivity (Wildman–Crippen MR) is 37.6 cm³/mol. The highest BCUT2D eigenvalue weighted by atomic mass is 16.4. The van der Waals surface area contributed by atoms with Gasteiger partial charge in [0.1, 0.15) is 0 Å². The Morgan fingerprint density at radius 2 is 2.30 bits per heavy atom. The standard InChI is InChI=1S/C7H12O3/c1-2-3-6(5-8)4-7(9)10/h2,6,8H,1,3-5H2,(H,9,10)/t6-/m0/s1. The summed E-state index contributed by atoms with van der Waals surface area (Å²) in [4.78, 5) is 10.1. The Kier molecular flexibility index (Phi) is 4.58. The molecular weight excluding hydrogens is 132 g/mol. The lowest BCUT2D eigenvalue weighted by Crippen LogP contribution is -2.10. The van der Waals surface area contributed by atoms with E-state index < -0.39 is 5.97 Å². The quantitative estimate of drug-likeness (QED) is 0.557. The van der Waals surface area contributed by atoms with Gasteiger partial charge in [-0.15, -0.1) is 6.58 Å². The molecule has 58 valence electrons. The van der Waals surface area contributed by atoms with Gasteiger partial charge in [0.2, 0.25) is 0 Å². The van der Waals surface area contributed by atoms with Crippen molar-refractivity contribution in [3.05, 3.63) is 12.7 Å². The molecule has 0 saturated heterocycles. The topological polar surface area (TPSA) is 57.5 Å². The number of aliphatic hydroxyl groups is 1. The van der Waals surface area contributed by atoms with E-state index in [9.17, 15) is 4.79 Å². The second kappa shape index (κ2) is 4.99. The van der Waals surface area contributed by atoms with Crippen molar-refractivity contribution in [2.75, 3.05) is 6.61 Å². The van der Waals surface area contributed by atoms with Crippen LogP contribution >= 0.6 is 0 Å². The van der Waals surface area contributed by atoms with E-state index in [1.165, 1.54) is 0 Å². The zero-order valence-electron chi connectivity index (χ0n) is 5.79. The van der Waals surface area contributed by atoms with Gasteiger partial charge in [0.25, 0.3) is 0 Å². The van der Waals surface area contributed by atoms with E-state index in [2.05, 4.69) is 6.58 Å². The van der Waals surface area contributed by atoms with Crippen molar-refractivity contribution < 1.29 is 15.0 Å². The van der Waals surface area contributed by atoms with Crippen LogP contribution in [0.25, 0.3) is 0 Å². The van der Waals surface area contributed by atoms with Crippen molar-refractivity contribution >= 4 is 5.97 Å². The molecule has 0 rings (SSSR count). The molecule has 0 heterocycles. The first-order valence-corrected chi connectivity index (χ1v) is 3.14. The largest absolute Gasteiger partial charge is 0.481 e. The van der Waals surface area contributed by atoms with E-state index in [-0.39, 0.29) is 18.9 Å². The first-order valence-electron chi connectivity index (χ1n) is 3.14. The normalized spacial score (nSPS) is 12.5. The smallest absolute Gasteiger partial charge is 0.303 e. The maximum atomic E-state index is 10.1. The number of carboxylic acids is 1. The van der Waals surface area contributed by atoms with Crippen LogP contribution in [0.15, 0.2) is 12.7 Å². The van der Waals surface area contributed by atoms with Crippen LogP contribution in [0.4, 0.5) is 0 Å². The van der Waals surface area contributed by atoms with E-state index >= 15 is 0 Å². The number of allylic oxidation sites excluding steroid dienone is 1. The molecule has 0 aromatic carbocycles. The minimum atomic E-state index is -0.874. The van der Waals surface area contributed by atoms with Gasteiger partial charge in [-0.2, -0.15) is 0 Å². The molecule has 0 amide bonds. The van der Waals surface area contributed by atoms with Crippen LogP contribution in [-0.2, 0) is 4.79 Å².